The van der Waals surface area contributed by atoms with Crippen LogP contribution in [-0.2, 0) is 26.2 Å². The summed E-state index contributed by atoms with van der Waals surface area (Å²) in [5.74, 6) is -0.751. The second-order valence-electron chi connectivity index (χ2n) is 10.5. The molecule has 8 heteroatoms. The summed E-state index contributed by atoms with van der Waals surface area (Å²) in [7, 11) is -4.09. The van der Waals surface area contributed by atoms with Crippen LogP contribution in [0.4, 0.5) is 5.69 Å². The molecule has 2 atom stereocenters. The molecule has 0 aliphatic heterocycles. The monoisotopic (exact) mass is 563 g/mol. The Morgan fingerprint density at radius 3 is 2.10 bits per heavy atom. The third kappa shape index (κ3) is 7.30. The van der Waals surface area contributed by atoms with Crippen LogP contribution in [0.25, 0.3) is 0 Å². The van der Waals surface area contributed by atoms with Crippen molar-refractivity contribution in [3.8, 4) is 0 Å². The van der Waals surface area contributed by atoms with Crippen LogP contribution in [0.1, 0.15) is 55.0 Å². The summed E-state index contributed by atoms with van der Waals surface area (Å²) in [4.78, 5) is 28.8. The molecule has 0 aliphatic rings. The van der Waals surface area contributed by atoms with Crippen LogP contribution < -0.4 is 9.62 Å². The highest BCUT2D eigenvalue weighted by Gasteiger charge is 2.33. The summed E-state index contributed by atoms with van der Waals surface area (Å²) in [6.07, 6.45) is 0.750. The quantitative estimate of drug-likeness (QED) is 0.336. The minimum Gasteiger partial charge on any atom is -0.352 e. The van der Waals surface area contributed by atoms with Crippen molar-refractivity contribution in [2.24, 2.45) is 0 Å². The minimum absolute atomic E-state index is 0.0562. The van der Waals surface area contributed by atoms with Gasteiger partial charge in [0.25, 0.3) is 10.0 Å². The average Bonchev–Trinajstić information content (AvgIpc) is 2.92. The molecule has 0 aliphatic carbocycles. The lowest BCUT2D eigenvalue weighted by atomic mass is 10.1. The summed E-state index contributed by atoms with van der Waals surface area (Å²) in [6.45, 7) is 13.0. The molecule has 0 saturated carbocycles. The smallest absolute Gasteiger partial charge is 0.264 e. The van der Waals surface area contributed by atoms with Crippen LogP contribution in [0.2, 0.25) is 0 Å². The van der Waals surface area contributed by atoms with Gasteiger partial charge in [-0.05, 0) is 94.5 Å². The van der Waals surface area contributed by atoms with Gasteiger partial charge in [-0.1, -0.05) is 55.0 Å². The van der Waals surface area contributed by atoms with Crippen molar-refractivity contribution in [1.29, 1.82) is 0 Å². The van der Waals surface area contributed by atoms with Crippen LogP contribution >= 0.6 is 0 Å². The zero-order valence-electron chi connectivity index (χ0n) is 24.6. The second-order valence-corrected chi connectivity index (χ2v) is 12.4. The first-order valence-electron chi connectivity index (χ1n) is 13.7. The number of rotatable bonds is 11. The van der Waals surface area contributed by atoms with Gasteiger partial charge in [-0.3, -0.25) is 13.9 Å². The number of hydrogen-bond donors (Lipinski definition) is 1. The van der Waals surface area contributed by atoms with E-state index in [0.717, 1.165) is 38.5 Å². The fraction of sp³-hybridized carbons (Fsp3) is 0.375. The molecule has 1 N–H and O–H groups in total. The van der Waals surface area contributed by atoms with E-state index in [1.165, 1.54) is 4.90 Å². The maximum atomic E-state index is 14.1. The van der Waals surface area contributed by atoms with Gasteiger partial charge in [0.2, 0.25) is 11.8 Å². The Bertz CT molecular complexity index is 1450. The molecule has 0 saturated heterocycles. The predicted octanol–water partition coefficient (Wildman–Crippen LogP) is 5.45. The van der Waals surface area contributed by atoms with Crippen LogP contribution in [0.15, 0.2) is 71.6 Å². The predicted molar refractivity (Wildman–Crippen MR) is 161 cm³/mol. The Labute approximate surface area is 239 Å². The van der Waals surface area contributed by atoms with Crippen molar-refractivity contribution in [2.75, 3.05) is 10.8 Å². The normalized spacial score (nSPS) is 12.9. The third-order valence-electron chi connectivity index (χ3n) is 7.44. The number of hydrogen-bond acceptors (Lipinski definition) is 4. The third-order valence-corrected chi connectivity index (χ3v) is 9.22. The molecule has 0 aromatic heterocycles. The Hall–Kier alpha value is -3.65. The van der Waals surface area contributed by atoms with Crippen molar-refractivity contribution >= 4 is 27.5 Å². The molecule has 3 aromatic rings. The number of benzene rings is 3. The van der Waals surface area contributed by atoms with Crippen molar-refractivity contribution in [1.82, 2.24) is 10.2 Å². The van der Waals surface area contributed by atoms with Crippen molar-refractivity contribution in [2.45, 2.75) is 78.4 Å². The second kappa shape index (κ2) is 13.1. The molecule has 0 radical (unpaired) electrons. The van der Waals surface area contributed by atoms with Gasteiger partial charge in [0.1, 0.15) is 12.6 Å². The number of sulfonamides is 1. The largest absolute Gasteiger partial charge is 0.352 e. The topological polar surface area (TPSA) is 86.8 Å². The van der Waals surface area contributed by atoms with E-state index in [9.17, 15) is 18.0 Å². The average molecular weight is 564 g/mol. The standard InChI is InChI=1S/C32H41N3O4S/c1-8-26(6)33-32(37)27(7)34(20-28-12-10-9-11-24(28)4)31(36)21-35(29-16-15-23(3)25(5)19-29)40(38,39)30-17-13-22(2)14-18-30/h9-19,26-27H,8,20-21H2,1-7H3,(H,33,37)/t26-,27-/m0/s1. The van der Waals surface area contributed by atoms with E-state index in [4.69, 9.17) is 0 Å². The zero-order valence-corrected chi connectivity index (χ0v) is 25.4. The number of carbonyl (C=O) groups excluding carboxylic acids is 2. The summed E-state index contributed by atoms with van der Waals surface area (Å²) in [6, 6.07) is 18.7. The van der Waals surface area contributed by atoms with Gasteiger partial charge in [-0.25, -0.2) is 8.42 Å². The van der Waals surface area contributed by atoms with E-state index < -0.39 is 28.5 Å². The van der Waals surface area contributed by atoms with E-state index in [-0.39, 0.29) is 23.4 Å². The van der Waals surface area contributed by atoms with Crippen molar-refractivity contribution in [3.05, 3.63) is 94.5 Å². The highest BCUT2D eigenvalue weighted by atomic mass is 32.2. The maximum Gasteiger partial charge on any atom is 0.264 e. The van der Waals surface area contributed by atoms with Crippen LogP contribution in [-0.4, -0.2) is 43.8 Å². The summed E-state index contributed by atoms with van der Waals surface area (Å²) in [5, 5.41) is 2.96. The molecule has 0 bridgehead atoms. The van der Waals surface area contributed by atoms with Crippen molar-refractivity contribution < 1.29 is 18.0 Å². The van der Waals surface area contributed by atoms with Gasteiger partial charge in [-0.2, -0.15) is 0 Å². The fourth-order valence-corrected chi connectivity index (χ4v) is 5.67. The van der Waals surface area contributed by atoms with E-state index in [2.05, 4.69) is 5.32 Å². The van der Waals surface area contributed by atoms with Crippen LogP contribution in [0, 0.1) is 27.7 Å². The summed E-state index contributed by atoms with van der Waals surface area (Å²) in [5.41, 5.74) is 5.11. The molecule has 7 nitrogen and oxygen atoms in total. The molecule has 0 fully saturated rings. The number of amides is 2. The lowest BCUT2D eigenvalue weighted by Gasteiger charge is -2.33. The zero-order chi connectivity index (χ0) is 29.6. The number of nitrogens with one attached hydrogen (secondary N) is 1. The summed E-state index contributed by atoms with van der Waals surface area (Å²) < 4.78 is 29.1. The van der Waals surface area contributed by atoms with Gasteiger partial charge >= 0.3 is 0 Å². The number of aryl methyl sites for hydroxylation is 4. The van der Waals surface area contributed by atoms with Crippen LogP contribution in [0.3, 0.4) is 0 Å². The Morgan fingerprint density at radius 2 is 1.50 bits per heavy atom. The van der Waals surface area contributed by atoms with E-state index >= 15 is 0 Å². The minimum atomic E-state index is -4.09. The number of nitrogens with zero attached hydrogens (tertiary/aromatic N) is 2. The molecule has 0 spiro atoms. The van der Waals surface area contributed by atoms with Gasteiger partial charge in [0, 0.05) is 12.6 Å². The molecular weight excluding hydrogens is 522 g/mol. The molecule has 3 aromatic carbocycles. The lowest BCUT2D eigenvalue weighted by Crippen LogP contribution is -2.52. The van der Waals surface area contributed by atoms with Gasteiger partial charge in [-0.15, -0.1) is 0 Å². The van der Waals surface area contributed by atoms with Gasteiger partial charge in [0.05, 0.1) is 10.6 Å². The first kappa shape index (κ1) is 30.9. The van der Waals surface area contributed by atoms with E-state index in [0.29, 0.717) is 5.69 Å². The summed E-state index contributed by atoms with van der Waals surface area (Å²) >= 11 is 0. The molecule has 40 heavy (non-hydrogen) atoms. The van der Waals surface area contributed by atoms with Gasteiger partial charge in [0.15, 0.2) is 0 Å². The highest BCUT2D eigenvalue weighted by molar-refractivity contribution is 7.92. The van der Waals surface area contributed by atoms with Gasteiger partial charge < -0.3 is 10.2 Å². The van der Waals surface area contributed by atoms with E-state index in [1.54, 1.807) is 43.3 Å². The fourth-order valence-electron chi connectivity index (χ4n) is 4.27. The number of carbonyl (C=O) groups is 2. The first-order chi connectivity index (χ1) is 18.8. The van der Waals surface area contributed by atoms with Crippen LogP contribution in [0.5, 0.6) is 0 Å². The molecule has 0 heterocycles. The Balaban J connectivity index is 2.06. The first-order valence-corrected chi connectivity index (χ1v) is 15.1. The maximum absolute atomic E-state index is 14.1. The number of anilines is 1. The molecule has 2 amide bonds. The molecular formula is C32H41N3O4S. The SMILES string of the molecule is CC[C@H](C)NC(=O)[C@H](C)N(Cc1ccccc1C)C(=O)CN(c1ccc(C)c(C)c1)S(=O)(=O)c1ccc(C)cc1. The molecule has 0 unspecified atom stereocenters. The Morgan fingerprint density at radius 1 is 0.850 bits per heavy atom. The Kier molecular flexibility index (Phi) is 10.1. The highest BCUT2D eigenvalue weighted by Crippen LogP contribution is 2.27. The van der Waals surface area contributed by atoms with Crippen molar-refractivity contribution in [3.63, 3.8) is 0 Å². The lowest BCUT2D eigenvalue weighted by molar-refractivity contribution is -0.139. The molecule has 214 valence electrons. The molecule has 3 rings (SSSR count). The van der Waals surface area contributed by atoms with E-state index in [1.807, 2.05) is 71.9 Å².